The van der Waals surface area contributed by atoms with E-state index < -0.39 is 65.3 Å². The molecule has 1 rings (SSSR count). The highest BCUT2D eigenvalue weighted by atomic mass is 32.2. The van der Waals surface area contributed by atoms with Crippen molar-refractivity contribution in [3.8, 4) is 0 Å². The van der Waals surface area contributed by atoms with Crippen LogP contribution in [0.4, 0.5) is 61.5 Å². The van der Waals surface area contributed by atoms with Gasteiger partial charge in [-0.15, -0.1) is 0 Å². The Hall–Kier alpha value is -1.53. The first-order valence-corrected chi connectivity index (χ1v) is 8.28. The van der Waals surface area contributed by atoms with Crippen LogP contribution >= 0.6 is 11.8 Å². The Morgan fingerprint density at radius 3 is 1.62 bits per heavy atom. The monoisotopic (exact) mass is 522 g/mol. The van der Waals surface area contributed by atoms with Crippen molar-refractivity contribution in [3.05, 3.63) is 29.8 Å². The third-order valence-electron chi connectivity index (χ3n) is 3.20. The zero-order valence-corrected chi connectivity index (χ0v) is 15.4. The Labute approximate surface area is 172 Å². The second-order valence-corrected chi connectivity index (χ2v) is 6.84. The quantitative estimate of drug-likeness (QED) is 0.239. The third kappa shape index (κ3) is 6.07. The zero-order chi connectivity index (χ0) is 25.4. The first kappa shape index (κ1) is 28.5. The average molecular weight is 522 g/mol. The van der Waals surface area contributed by atoms with Crippen molar-refractivity contribution in [2.45, 2.75) is 53.5 Å². The van der Waals surface area contributed by atoms with E-state index in [9.17, 15) is 61.5 Å². The van der Waals surface area contributed by atoms with Crippen molar-refractivity contribution >= 4 is 11.8 Å². The number of alkyl halides is 14. The highest BCUT2D eigenvalue weighted by Crippen LogP contribution is 2.52. The number of rotatable bonds is 9. The van der Waals surface area contributed by atoms with Gasteiger partial charge < -0.3 is 5.11 Å². The first-order chi connectivity index (χ1) is 14.1. The van der Waals surface area contributed by atoms with Gasteiger partial charge in [0.05, 0.1) is 6.61 Å². The van der Waals surface area contributed by atoms with Gasteiger partial charge in [-0.25, -0.2) is 9.13 Å². The SMILES string of the molecule is OCc1ccc(SC(F)(F)C(F)OC(F)(OC(F)(F)C(F)(F)C(F)(F)F)C(F)(F)F)cc1. The number of benzene rings is 1. The number of ether oxygens (including phenoxy) is 2. The molecule has 0 spiro atoms. The van der Waals surface area contributed by atoms with E-state index >= 15 is 0 Å². The van der Waals surface area contributed by atoms with Gasteiger partial charge >= 0.3 is 35.7 Å². The normalized spacial score (nSPS) is 17.2. The third-order valence-corrected chi connectivity index (χ3v) is 4.16. The maximum atomic E-state index is 13.8. The molecule has 186 valence electrons. The van der Waals surface area contributed by atoms with Crippen molar-refractivity contribution < 1.29 is 76.0 Å². The molecule has 0 aliphatic rings. The fourth-order valence-corrected chi connectivity index (χ4v) is 2.34. The molecule has 1 aromatic carbocycles. The molecule has 2 unspecified atom stereocenters. The smallest absolute Gasteiger partial charge is 0.392 e. The van der Waals surface area contributed by atoms with Gasteiger partial charge in [-0.2, -0.15) is 57.1 Å². The molecule has 1 aromatic rings. The minimum atomic E-state index is -7.47. The number of hydrogen-bond acceptors (Lipinski definition) is 4. The van der Waals surface area contributed by atoms with Crippen LogP contribution < -0.4 is 0 Å². The van der Waals surface area contributed by atoms with Crippen molar-refractivity contribution in [1.82, 2.24) is 0 Å². The summed E-state index contributed by atoms with van der Waals surface area (Å²) in [5.41, 5.74) is 0.131. The molecule has 0 saturated heterocycles. The standard InChI is InChI=1S/C14H8F14O3S/c15-8(9(16,17)32-7-3-1-6(5-29)2-4-7)30-14(28,12(23,24)25)31-13(26,27)10(18,19)11(20,21)22/h1-4,8,29H,5H2. The van der Waals surface area contributed by atoms with Gasteiger partial charge in [0.25, 0.3) is 6.36 Å². The molecule has 0 radical (unpaired) electrons. The predicted molar refractivity (Wildman–Crippen MR) is 76.1 cm³/mol. The van der Waals surface area contributed by atoms with E-state index in [1.807, 2.05) is 0 Å². The van der Waals surface area contributed by atoms with E-state index in [0.29, 0.717) is 0 Å². The van der Waals surface area contributed by atoms with Crippen molar-refractivity contribution in [1.29, 1.82) is 0 Å². The summed E-state index contributed by atoms with van der Waals surface area (Å²) in [4.78, 5) is -0.648. The number of thioether (sulfide) groups is 1. The van der Waals surface area contributed by atoms with Crippen LogP contribution in [0.2, 0.25) is 0 Å². The summed E-state index contributed by atoms with van der Waals surface area (Å²) in [5.74, 6) is -7.47. The number of aliphatic hydroxyl groups is 1. The van der Waals surface area contributed by atoms with Crippen molar-refractivity contribution in [2.75, 3.05) is 0 Å². The summed E-state index contributed by atoms with van der Waals surface area (Å²) in [7, 11) is 0. The van der Waals surface area contributed by atoms with Crippen LogP contribution in [0.25, 0.3) is 0 Å². The van der Waals surface area contributed by atoms with E-state index in [1.54, 1.807) is 4.74 Å². The molecule has 1 N–H and O–H groups in total. The lowest BCUT2D eigenvalue weighted by Crippen LogP contribution is -2.60. The predicted octanol–water partition coefficient (Wildman–Crippen LogP) is 6.17. The molecule has 0 saturated carbocycles. The molecule has 2 atom stereocenters. The molecule has 0 heterocycles. The van der Waals surface area contributed by atoms with Crippen molar-refractivity contribution in [2.24, 2.45) is 0 Å². The molecule has 0 aliphatic carbocycles. The van der Waals surface area contributed by atoms with E-state index in [0.717, 1.165) is 24.3 Å². The van der Waals surface area contributed by atoms with Gasteiger partial charge in [0.1, 0.15) is 0 Å². The maximum Gasteiger partial charge on any atom is 0.478 e. The highest BCUT2D eigenvalue weighted by Gasteiger charge is 2.79. The Kier molecular flexibility index (Phi) is 8.03. The fourth-order valence-electron chi connectivity index (χ4n) is 1.61. The highest BCUT2D eigenvalue weighted by molar-refractivity contribution is 8.00. The number of halogens is 14. The summed E-state index contributed by atoms with van der Waals surface area (Å²) in [6, 6.07) is -3.39. The molecule has 0 bridgehead atoms. The molecule has 0 aromatic heterocycles. The molecule has 0 amide bonds. The van der Waals surface area contributed by atoms with Crippen LogP contribution in [0.1, 0.15) is 5.56 Å². The van der Waals surface area contributed by atoms with E-state index in [4.69, 9.17) is 5.11 Å². The second kappa shape index (κ2) is 9.02. The lowest BCUT2D eigenvalue weighted by atomic mass is 10.2. The zero-order valence-electron chi connectivity index (χ0n) is 14.6. The van der Waals surface area contributed by atoms with Crippen molar-refractivity contribution in [3.63, 3.8) is 0 Å². The molecule has 0 aliphatic heterocycles. The minimum absolute atomic E-state index is 0.131. The molecule has 18 heteroatoms. The van der Waals surface area contributed by atoms with Crippen LogP contribution in [0.3, 0.4) is 0 Å². The molecule has 32 heavy (non-hydrogen) atoms. The minimum Gasteiger partial charge on any atom is -0.392 e. The lowest BCUT2D eigenvalue weighted by Gasteiger charge is -2.35. The van der Waals surface area contributed by atoms with E-state index in [-0.39, 0.29) is 5.56 Å². The van der Waals surface area contributed by atoms with Gasteiger partial charge in [-0.05, 0) is 29.5 Å². The summed E-state index contributed by atoms with van der Waals surface area (Å²) >= 11 is -0.968. The summed E-state index contributed by atoms with van der Waals surface area (Å²) in [6.45, 7) is -0.583. The van der Waals surface area contributed by atoms with Gasteiger partial charge in [0.2, 0.25) is 0 Å². The summed E-state index contributed by atoms with van der Waals surface area (Å²) < 4.78 is 185. The van der Waals surface area contributed by atoms with Crippen LogP contribution in [0.5, 0.6) is 0 Å². The maximum absolute atomic E-state index is 13.8. The second-order valence-electron chi connectivity index (χ2n) is 5.62. The topological polar surface area (TPSA) is 38.7 Å². The van der Waals surface area contributed by atoms with Crippen LogP contribution in [0, 0.1) is 0 Å². The Morgan fingerprint density at radius 2 is 1.25 bits per heavy atom. The number of aliphatic hydroxyl groups excluding tert-OH is 1. The Balaban J connectivity index is 3.18. The Morgan fingerprint density at radius 1 is 0.781 bits per heavy atom. The summed E-state index contributed by atoms with van der Waals surface area (Å²) in [5, 5.41) is 3.53. The molecular weight excluding hydrogens is 514 g/mol. The molecule has 0 fully saturated rings. The van der Waals surface area contributed by atoms with Gasteiger partial charge in [0, 0.05) is 4.90 Å². The lowest BCUT2D eigenvalue weighted by molar-refractivity contribution is -0.544. The first-order valence-electron chi connectivity index (χ1n) is 7.46. The van der Waals surface area contributed by atoms with Gasteiger partial charge in [-0.1, -0.05) is 12.1 Å². The molecular formula is C14H8F14O3S. The number of hydrogen-bond donors (Lipinski definition) is 1. The summed E-state index contributed by atoms with van der Waals surface area (Å²) in [6.07, 6.45) is -26.7. The van der Waals surface area contributed by atoms with Crippen LogP contribution in [0.15, 0.2) is 29.2 Å². The van der Waals surface area contributed by atoms with Gasteiger partial charge in [0.15, 0.2) is 0 Å². The van der Waals surface area contributed by atoms with E-state index in [1.165, 1.54) is 0 Å². The largest absolute Gasteiger partial charge is 0.478 e. The average Bonchev–Trinajstić information content (AvgIpc) is 2.59. The Bertz CT molecular complexity index is 763. The van der Waals surface area contributed by atoms with Crippen LogP contribution in [-0.4, -0.2) is 47.1 Å². The van der Waals surface area contributed by atoms with Crippen LogP contribution in [-0.2, 0) is 16.1 Å². The molecule has 3 nitrogen and oxygen atoms in total. The van der Waals surface area contributed by atoms with Gasteiger partial charge in [-0.3, -0.25) is 4.74 Å². The van der Waals surface area contributed by atoms with E-state index in [2.05, 4.69) is 4.74 Å². The fraction of sp³-hybridized carbons (Fsp3) is 0.571.